The van der Waals surface area contributed by atoms with E-state index in [1.54, 1.807) is 12.1 Å². The van der Waals surface area contributed by atoms with Crippen LogP contribution in [0.4, 0.5) is 0 Å². The molecule has 6 nitrogen and oxygen atoms in total. The van der Waals surface area contributed by atoms with Gasteiger partial charge >= 0.3 is 0 Å². The minimum absolute atomic E-state index is 0.175. The van der Waals surface area contributed by atoms with Gasteiger partial charge in [0, 0.05) is 19.2 Å². The molecule has 0 bridgehead atoms. The first-order valence-corrected chi connectivity index (χ1v) is 9.96. The maximum atomic E-state index is 12.6. The number of methoxy groups -OCH3 is 1. The molecule has 7 heteroatoms. The molecular weight excluding hydrogens is 350 g/mol. The van der Waals surface area contributed by atoms with Gasteiger partial charge in [-0.3, -0.25) is 0 Å². The first-order chi connectivity index (χ1) is 12.4. The second-order valence-corrected chi connectivity index (χ2v) is 7.99. The zero-order valence-corrected chi connectivity index (χ0v) is 16.0. The number of rotatable bonds is 7. The highest BCUT2D eigenvalue weighted by molar-refractivity contribution is 7.89. The summed E-state index contributed by atoms with van der Waals surface area (Å²) < 4.78 is 35.2. The quantitative estimate of drug-likeness (QED) is 0.647. The number of benzene rings is 1. The average molecular weight is 373 g/mol. The molecule has 2 aromatic heterocycles. The van der Waals surface area contributed by atoms with Gasteiger partial charge in [-0.2, -0.15) is 0 Å². The largest absolute Gasteiger partial charge is 0.495 e. The molecule has 0 aliphatic carbocycles. The molecule has 0 radical (unpaired) electrons. The van der Waals surface area contributed by atoms with Crippen molar-refractivity contribution in [3.8, 4) is 5.75 Å². The first-order valence-electron chi connectivity index (χ1n) is 8.48. The number of nitrogens with zero attached hydrogens (tertiary/aromatic N) is 2. The van der Waals surface area contributed by atoms with Crippen LogP contribution in [0.5, 0.6) is 5.75 Å². The Hall–Kier alpha value is -2.38. The number of aryl methyl sites for hydroxylation is 3. The van der Waals surface area contributed by atoms with Crippen LogP contribution in [0.2, 0.25) is 0 Å². The minimum Gasteiger partial charge on any atom is -0.495 e. The van der Waals surface area contributed by atoms with Gasteiger partial charge in [-0.1, -0.05) is 6.07 Å². The topological polar surface area (TPSA) is 72.7 Å². The van der Waals surface area contributed by atoms with Crippen molar-refractivity contribution in [1.29, 1.82) is 0 Å². The lowest BCUT2D eigenvalue weighted by Gasteiger charge is -2.13. The highest BCUT2D eigenvalue weighted by atomic mass is 32.2. The standard InChI is InChI=1S/C19H23N3O3S/c1-14-11-17(25-3)18(12-15(14)2)26(23,24)21-9-6-8-19-20-13-16-7-4-5-10-22(16)19/h4-5,7,10-13,21H,6,8-9H2,1-3H3. The lowest BCUT2D eigenvalue weighted by atomic mass is 10.1. The second kappa shape index (κ2) is 7.47. The average Bonchev–Trinajstić information content (AvgIpc) is 3.04. The first kappa shape index (κ1) is 18.4. The van der Waals surface area contributed by atoms with E-state index in [1.165, 1.54) is 7.11 Å². The van der Waals surface area contributed by atoms with E-state index >= 15 is 0 Å². The zero-order valence-electron chi connectivity index (χ0n) is 15.2. The number of sulfonamides is 1. The number of pyridine rings is 1. The lowest BCUT2D eigenvalue weighted by Crippen LogP contribution is -2.26. The molecule has 0 atom stereocenters. The molecule has 0 saturated heterocycles. The number of fused-ring (bicyclic) bond motifs is 1. The van der Waals surface area contributed by atoms with E-state index < -0.39 is 10.0 Å². The highest BCUT2D eigenvalue weighted by Gasteiger charge is 2.20. The molecule has 0 amide bonds. The third-order valence-corrected chi connectivity index (χ3v) is 5.94. The Balaban J connectivity index is 1.67. The van der Waals surface area contributed by atoms with Crippen LogP contribution in [0, 0.1) is 13.8 Å². The van der Waals surface area contributed by atoms with Gasteiger partial charge in [0.05, 0.1) is 18.8 Å². The summed E-state index contributed by atoms with van der Waals surface area (Å²) in [5, 5.41) is 0. The van der Waals surface area contributed by atoms with E-state index in [0.29, 0.717) is 25.1 Å². The van der Waals surface area contributed by atoms with Crippen molar-refractivity contribution in [3.05, 3.63) is 59.7 Å². The Kier molecular flexibility index (Phi) is 5.29. The van der Waals surface area contributed by atoms with E-state index in [2.05, 4.69) is 9.71 Å². The van der Waals surface area contributed by atoms with Crippen molar-refractivity contribution in [2.24, 2.45) is 0 Å². The Labute approximate surface area is 153 Å². The summed E-state index contributed by atoms with van der Waals surface area (Å²) in [5.41, 5.74) is 2.94. The minimum atomic E-state index is -3.63. The number of hydrogen-bond donors (Lipinski definition) is 1. The fraction of sp³-hybridized carbons (Fsp3) is 0.316. The maximum Gasteiger partial charge on any atom is 0.244 e. The van der Waals surface area contributed by atoms with Crippen LogP contribution >= 0.6 is 0 Å². The molecular formula is C19H23N3O3S. The molecule has 26 heavy (non-hydrogen) atoms. The molecule has 0 aliphatic heterocycles. The van der Waals surface area contributed by atoms with Gasteiger partial charge in [0.1, 0.15) is 16.5 Å². The van der Waals surface area contributed by atoms with Crippen LogP contribution in [-0.4, -0.2) is 31.5 Å². The van der Waals surface area contributed by atoms with Crippen molar-refractivity contribution in [1.82, 2.24) is 14.1 Å². The molecule has 1 N–H and O–H groups in total. The monoisotopic (exact) mass is 373 g/mol. The van der Waals surface area contributed by atoms with Crippen LogP contribution in [0.15, 0.2) is 47.6 Å². The second-order valence-electron chi connectivity index (χ2n) is 6.26. The molecule has 0 unspecified atom stereocenters. The smallest absolute Gasteiger partial charge is 0.244 e. The Morgan fingerprint density at radius 3 is 2.73 bits per heavy atom. The van der Waals surface area contributed by atoms with Gasteiger partial charge in [-0.25, -0.2) is 18.1 Å². The number of hydrogen-bond acceptors (Lipinski definition) is 4. The molecule has 1 aromatic carbocycles. The van der Waals surface area contributed by atoms with E-state index in [4.69, 9.17) is 4.74 Å². The van der Waals surface area contributed by atoms with Crippen LogP contribution in [0.25, 0.3) is 5.52 Å². The van der Waals surface area contributed by atoms with E-state index in [0.717, 1.165) is 22.5 Å². The number of nitrogens with one attached hydrogen (secondary N) is 1. The van der Waals surface area contributed by atoms with Gasteiger partial charge in [0.15, 0.2) is 0 Å². The van der Waals surface area contributed by atoms with Crippen molar-refractivity contribution in [2.75, 3.05) is 13.7 Å². The molecule has 2 heterocycles. The van der Waals surface area contributed by atoms with E-state index in [1.807, 2.05) is 48.8 Å². The van der Waals surface area contributed by atoms with Crippen LogP contribution < -0.4 is 9.46 Å². The fourth-order valence-electron chi connectivity index (χ4n) is 2.85. The third-order valence-electron chi connectivity index (χ3n) is 4.45. The fourth-order valence-corrected chi connectivity index (χ4v) is 4.16. The number of aromatic nitrogens is 2. The van der Waals surface area contributed by atoms with E-state index in [9.17, 15) is 8.42 Å². The van der Waals surface area contributed by atoms with Gasteiger partial charge in [0.25, 0.3) is 0 Å². The van der Waals surface area contributed by atoms with Crippen molar-refractivity contribution in [3.63, 3.8) is 0 Å². The summed E-state index contributed by atoms with van der Waals surface area (Å²) in [6.45, 7) is 4.15. The van der Waals surface area contributed by atoms with Gasteiger partial charge in [-0.05, 0) is 55.7 Å². The Morgan fingerprint density at radius 1 is 1.19 bits per heavy atom. The normalized spacial score (nSPS) is 11.8. The zero-order chi connectivity index (χ0) is 18.7. The summed E-state index contributed by atoms with van der Waals surface area (Å²) in [6.07, 6.45) is 5.12. The lowest BCUT2D eigenvalue weighted by molar-refractivity contribution is 0.401. The summed E-state index contributed by atoms with van der Waals surface area (Å²) in [4.78, 5) is 4.58. The molecule has 138 valence electrons. The molecule has 0 spiro atoms. The van der Waals surface area contributed by atoms with Gasteiger partial charge in [-0.15, -0.1) is 0 Å². The number of ether oxygens (including phenoxy) is 1. The van der Waals surface area contributed by atoms with Crippen molar-refractivity contribution < 1.29 is 13.2 Å². The molecule has 3 aromatic rings. The predicted molar refractivity (Wildman–Crippen MR) is 101 cm³/mol. The summed E-state index contributed by atoms with van der Waals surface area (Å²) in [7, 11) is -2.15. The van der Waals surface area contributed by atoms with E-state index in [-0.39, 0.29) is 4.90 Å². The predicted octanol–water partition coefficient (Wildman–Crippen LogP) is 2.87. The van der Waals surface area contributed by atoms with Gasteiger partial charge in [0.2, 0.25) is 10.0 Å². The number of imidazole rings is 1. The SMILES string of the molecule is COc1cc(C)c(C)cc1S(=O)(=O)NCCCc1ncc2ccccn12. The van der Waals surface area contributed by atoms with Crippen molar-refractivity contribution in [2.45, 2.75) is 31.6 Å². The molecule has 0 fully saturated rings. The maximum absolute atomic E-state index is 12.6. The Morgan fingerprint density at radius 2 is 1.96 bits per heavy atom. The summed E-state index contributed by atoms with van der Waals surface area (Å²) >= 11 is 0. The summed E-state index contributed by atoms with van der Waals surface area (Å²) in [5.74, 6) is 1.28. The molecule has 0 saturated carbocycles. The Bertz CT molecular complexity index is 1030. The van der Waals surface area contributed by atoms with Gasteiger partial charge < -0.3 is 9.14 Å². The van der Waals surface area contributed by atoms with Crippen LogP contribution in [-0.2, 0) is 16.4 Å². The highest BCUT2D eigenvalue weighted by Crippen LogP contribution is 2.27. The molecule has 0 aliphatic rings. The van der Waals surface area contributed by atoms with Crippen molar-refractivity contribution >= 4 is 15.5 Å². The van der Waals surface area contributed by atoms with Crippen LogP contribution in [0.3, 0.4) is 0 Å². The van der Waals surface area contributed by atoms with Crippen LogP contribution in [0.1, 0.15) is 23.4 Å². The summed E-state index contributed by atoms with van der Waals surface area (Å²) in [6, 6.07) is 9.31. The molecule has 3 rings (SSSR count). The third kappa shape index (κ3) is 3.73.